The van der Waals surface area contributed by atoms with Crippen LogP contribution in [0.25, 0.3) is 0 Å². The molecule has 0 atom stereocenters. The molecule has 2 saturated carbocycles. The van der Waals surface area contributed by atoms with Gasteiger partial charge in [-0.2, -0.15) is 0 Å². The lowest BCUT2D eigenvalue weighted by Crippen LogP contribution is -2.34. The van der Waals surface area contributed by atoms with Crippen molar-refractivity contribution in [1.82, 2.24) is 4.90 Å². The molecule has 0 bridgehead atoms. The average molecular weight is 181 g/mol. The van der Waals surface area contributed by atoms with Gasteiger partial charge >= 0.3 is 0 Å². The fourth-order valence-corrected chi connectivity index (χ4v) is 2.25. The molecule has 0 radical (unpaired) electrons. The molecule has 74 valence electrons. The van der Waals surface area contributed by atoms with Crippen molar-refractivity contribution in [3.63, 3.8) is 0 Å². The van der Waals surface area contributed by atoms with Crippen LogP contribution in [0.2, 0.25) is 0 Å². The van der Waals surface area contributed by atoms with E-state index in [2.05, 4.69) is 11.9 Å². The van der Waals surface area contributed by atoms with Crippen LogP contribution in [-0.4, -0.2) is 30.3 Å². The van der Waals surface area contributed by atoms with Crippen LogP contribution in [0.1, 0.15) is 38.5 Å². The number of rotatable bonds is 4. The lowest BCUT2D eigenvalue weighted by Gasteiger charge is -2.22. The number of hydrogen-bond donors (Lipinski definition) is 0. The summed E-state index contributed by atoms with van der Waals surface area (Å²) in [5, 5.41) is 0. The van der Waals surface area contributed by atoms with E-state index in [0.29, 0.717) is 24.3 Å². The predicted molar refractivity (Wildman–Crippen MR) is 52.6 cm³/mol. The zero-order valence-corrected chi connectivity index (χ0v) is 8.46. The molecule has 0 aromatic carbocycles. The first-order valence-electron chi connectivity index (χ1n) is 5.50. The minimum Gasteiger partial charge on any atom is -0.298 e. The molecule has 0 aromatic heterocycles. The third-order valence-corrected chi connectivity index (χ3v) is 3.39. The fraction of sp³-hybridized carbons (Fsp3) is 0.909. The Kier molecular flexibility index (Phi) is 2.68. The zero-order valence-electron chi connectivity index (χ0n) is 8.46. The number of ketones is 1. The van der Waals surface area contributed by atoms with Gasteiger partial charge in [0.1, 0.15) is 5.78 Å². The molecule has 2 heteroatoms. The standard InChI is InChI=1S/C11H19NO/c1-12(10-4-2-3-5-10)8-11(13)9-6-7-9/h9-10H,2-8H2,1H3. The highest BCUT2D eigenvalue weighted by atomic mass is 16.1. The summed E-state index contributed by atoms with van der Waals surface area (Å²) in [4.78, 5) is 13.8. The Morgan fingerprint density at radius 2 is 1.85 bits per heavy atom. The Bertz CT molecular complexity index is 192. The molecular formula is C11H19NO. The highest BCUT2D eigenvalue weighted by molar-refractivity contribution is 5.84. The van der Waals surface area contributed by atoms with Crippen LogP contribution in [0.3, 0.4) is 0 Å². The summed E-state index contributed by atoms with van der Waals surface area (Å²) in [7, 11) is 2.11. The lowest BCUT2D eigenvalue weighted by atomic mass is 10.2. The maximum Gasteiger partial charge on any atom is 0.149 e. The van der Waals surface area contributed by atoms with Gasteiger partial charge in [-0.05, 0) is 32.7 Å². The Balaban J connectivity index is 1.75. The maximum absolute atomic E-state index is 11.5. The molecule has 0 spiro atoms. The summed E-state index contributed by atoms with van der Waals surface area (Å²) in [5.41, 5.74) is 0. The largest absolute Gasteiger partial charge is 0.298 e. The van der Waals surface area contributed by atoms with Gasteiger partial charge in [-0.25, -0.2) is 0 Å². The minimum atomic E-state index is 0.434. The van der Waals surface area contributed by atoms with E-state index in [1.807, 2.05) is 0 Å². The van der Waals surface area contributed by atoms with E-state index in [-0.39, 0.29) is 0 Å². The van der Waals surface area contributed by atoms with Crippen LogP contribution >= 0.6 is 0 Å². The van der Waals surface area contributed by atoms with Crippen LogP contribution < -0.4 is 0 Å². The summed E-state index contributed by atoms with van der Waals surface area (Å²) in [5.74, 6) is 0.915. The van der Waals surface area contributed by atoms with E-state index >= 15 is 0 Å². The van der Waals surface area contributed by atoms with Gasteiger partial charge in [-0.1, -0.05) is 12.8 Å². The van der Waals surface area contributed by atoms with Gasteiger partial charge < -0.3 is 0 Å². The van der Waals surface area contributed by atoms with E-state index in [0.717, 1.165) is 12.8 Å². The number of likely N-dealkylation sites (N-methyl/N-ethyl adjacent to an activating group) is 1. The van der Waals surface area contributed by atoms with Crippen LogP contribution in [0, 0.1) is 5.92 Å². The zero-order chi connectivity index (χ0) is 9.26. The van der Waals surface area contributed by atoms with Gasteiger partial charge in [-0.15, -0.1) is 0 Å². The molecule has 0 unspecified atom stereocenters. The normalized spacial score (nSPS) is 24.2. The Hall–Kier alpha value is -0.370. The first-order chi connectivity index (χ1) is 6.27. The summed E-state index contributed by atoms with van der Waals surface area (Å²) >= 11 is 0. The molecule has 2 aliphatic rings. The number of hydrogen-bond acceptors (Lipinski definition) is 2. The van der Waals surface area contributed by atoms with Gasteiger partial charge in [0.15, 0.2) is 0 Å². The van der Waals surface area contributed by atoms with E-state index < -0.39 is 0 Å². The molecule has 2 nitrogen and oxygen atoms in total. The molecule has 13 heavy (non-hydrogen) atoms. The number of carbonyl (C=O) groups excluding carboxylic acids is 1. The van der Waals surface area contributed by atoms with E-state index in [1.54, 1.807) is 0 Å². The second-order valence-corrected chi connectivity index (χ2v) is 4.59. The molecular weight excluding hydrogens is 162 g/mol. The highest BCUT2D eigenvalue weighted by Gasteiger charge is 2.31. The summed E-state index contributed by atoms with van der Waals surface area (Å²) < 4.78 is 0. The highest BCUT2D eigenvalue weighted by Crippen LogP contribution is 2.30. The average Bonchev–Trinajstić information content (AvgIpc) is 2.81. The SMILES string of the molecule is CN(CC(=O)C1CC1)C1CCCC1. The van der Waals surface area contributed by atoms with Crippen LogP contribution in [-0.2, 0) is 4.79 Å². The molecule has 2 aliphatic carbocycles. The molecule has 0 amide bonds. The van der Waals surface area contributed by atoms with Gasteiger partial charge in [0, 0.05) is 12.0 Å². The maximum atomic E-state index is 11.5. The topological polar surface area (TPSA) is 20.3 Å². The van der Waals surface area contributed by atoms with Crippen molar-refractivity contribution in [2.75, 3.05) is 13.6 Å². The van der Waals surface area contributed by atoms with Gasteiger partial charge in [0.2, 0.25) is 0 Å². The summed E-state index contributed by atoms with van der Waals surface area (Å²) in [6.07, 6.45) is 7.61. The number of carbonyl (C=O) groups is 1. The molecule has 0 heterocycles. The van der Waals surface area contributed by atoms with Crippen molar-refractivity contribution in [3.8, 4) is 0 Å². The van der Waals surface area contributed by atoms with Crippen LogP contribution in [0.15, 0.2) is 0 Å². The fourth-order valence-electron chi connectivity index (χ4n) is 2.25. The van der Waals surface area contributed by atoms with E-state index in [4.69, 9.17) is 0 Å². The van der Waals surface area contributed by atoms with Crippen molar-refractivity contribution in [2.24, 2.45) is 5.92 Å². The Morgan fingerprint density at radius 1 is 1.23 bits per heavy atom. The van der Waals surface area contributed by atoms with E-state index in [1.165, 1.54) is 25.7 Å². The van der Waals surface area contributed by atoms with Crippen molar-refractivity contribution in [2.45, 2.75) is 44.6 Å². The first kappa shape index (κ1) is 9.20. The van der Waals surface area contributed by atoms with Crippen molar-refractivity contribution in [1.29, 1.82) is 0 Å². The molecule has 2 rings (SSSR count). The van der Waals surface area contributed by atoms with Crippen molar-refractivity contribution < 1.29 is 4.79 Å². The Labute approximate surface area is 80.3 Å². The van der Waals surface area contributed by atoms with Gasteiger partial charge in [0.05, 0.1) is 6.54 Å². The molecule has 0 aliphatic heterocycles. The van der Waals surface area contributed by atoms with Gasteiger partial charge in [0.25, 0.3) is 0 Å². The molecule has 0 saturated heterocycles. The van der Waals surface area contributed by atoms with Crippen molar-refractivity contribution in [3.05, 3.63) is 0 Å². The first-order valence-corrected chi connectivity index (χ1v) is 5.50. The van der Waals surface area contributed by atoms with Crippen molar-refractivity contribution >= 4 is 5.78 Å². The molecule has 2 fully saturated rings. The second-order valence-electron chi connectivity index (χ2n) is 4.59. The quantitative estimate of drug-likeness (QED) is 0.659. The van der Waals surface area contributed by atoms with E-state index in [9.17, 15) is 4.79 Å². The second kappa shape index (κ2) is 3.79. The summed E-state index contributed by atoms with van der Waals surface area (Å²) in [6, 6.07) is 0.697. The molecule has 0 aromatic rings. The number of Topliss-reactive ketones (excluding diaryl/α,β-unsaturated/α-hetero) is 1. The van der Waals surface area contributed by atoms with Crippen LogP contribution in [0.4, 0.5) is 0 Å². The summed E-state index contributed by atoms with van der Waals surface area (Å²) in [6.45, 7) is 0.704. The third-order valence-electron chi connectivity index (χ3n) is 3.39. The molecule has 0 N–H and O–H groups in total. The monoisotopic (exact) mass is 181 g/mol. The number of nitrogens with zero attached hydrogens (tertiary/aromatic N) is 1. The predicted octanol–water partition coefficient (Wildman–Crippen LogP) is 1.84. The minimum absolute atomic E-state index is 0.434. The lowest BCUT2D eigenvalue weighted by molar-refractivity contribution is -0.121. The smallest absolute Gasteiger partial charge is 0.149 e. The Morgan fingerprint density at radius 3 is 2.38 bits per heavy atom. The third kappa shape index (κ3) is 2.31. The van der Waals surface area contributed by atoms with Gasteiger partial charge in [-0.3, -0.25) is 9.69 Å². The van der Waals surface area contributed by atoms with Crippen LogP contribution in [0.5, 0.6) is 0 Å².